The molecule has 2 rings (SSSR count). The molecule has 1 heterocycles. The van der Waals surface area contributed by atoms with Gasteiger partial charge in [0.05, 0.1) is 5.02 Å². The Morgan fingerprint density at radius 3 is 2.78 bits per heavy atom. The van der Waals surface area contributed by atoms with Crippen molar-refractivity contribution in [2.75, 3.05) is 5.32 Å². The Hall–Kier alpha value is -2.48. The number of hydrogen-bond donors (Lipinski definition) is 2. The van der Waals surface area contributed by atoms with E-state index in [0.717, 1.165) is 6.07 Å². The summed E-state index contributed by atoms with van der Waals surface area (Å²) in [7, 11) is 0. The lowest BCUT2D eigenvalue weighted by atomic mass is 10.2. The third kappa shape index (κ3) is 4.49. The van der Waals surface area contributed by atoms with Crippen LogP contribution in [-0.4, -0.2) is 29.6 Å². The van der Waals surface area contributed by atoms with Crippen molar-refractivity contribution in [1.29, 1.82) is 0 Å². The van der Waals surface area contributed by atoms with E-state index in [1.807, 2.05) is 0 Å². The third-order valence-corrected chi connectivity index (χ3v) is 3.27. The molecule has 7 nitrogen and oxygen atoms in total. The van der Waals surface area contributed by atoms with Crippen LogP contribution >= 0.6 is 11.6 Å². The van der Waals surface area contributed by atoms with E-state index in [4.69, 9.17) is 16.3 Å². The molecule has 0 radical (unpaired) electrons. The number of ether oxygens (including phenoxy) is 1. The number of hydrogen-bond acceptors (Lipinski definition) is 5. The topological polar surface area (TPSA) is 96.9 Å². The lowest BCUT2D eigenvalue weighted by Crippen LogP contribution is -2.35. The van der Waals surface area contributed by atoms with E-state index in [2.05, 4.69) is 15.8 Å². The molecule has 2 N–H and O–H groups in total. The predicted octanol–water partition coefficient (Wildman–Crippen LogP) is 1.62. The molecule has 0 fully saturated rings. The highest BCUT2D eigenvalue weighted by Gasteiger charge is 2.24. The Morgan fingerprint density at radius 2 is 2.17 bits per heavy atom. The smallest absolute Gasteiger partial charge is 0.355 e. The standard InChI is InChI=1S/C14H13ClFN3O4/c1-7(23-14(22)11-4-5-12(20)19-18-11)13(21)17-8-2-3-10(16)9(15)6-8/h2-3,6-7H,4-5H2,1H3,(H,17,21)(H,19,20)/t7-/m0/s1. The van der Waals surface area contributed by atoms with Crippen molar-refractivity contribution in [1.82, 2.24) is 5.43 Å². The number of carbonyl (C=O) groups excluding carboxylic acids is 3. The lowest BCUT2D eigenvalue weighted by molar-refractivity contribution is -0.146. The predicted molar refractivity (Wildman–Crippen MR) is 80.4 cm³/mol. The van der Waals surface area contributed by atoms with Crippen molar-refractivity contribution in [3.05, 3.63) is 29.0 Å². The van der Waals surface area contributed by atoms with Gasteiger partial charge in [-0.3, -0.25) is 9.59 Å². The van der Waals surface area contributed by atoms with Crippen LogP contribution in [0.1, 0.15) is 19.8 Å². The van der Waals surface area contributed by atoms with Crippen LogP contribution in [0, 0.1) is 5.82 Å². The Labute approximate surface area is 135 Å². The van der Waals surface area contributed by atoms with Crippen molar-refractivity contribution in [3.63, 3.8) is 0 Å². The van der Waals surface area contributed by atoms with Gasteiger partial charge < -0.3 is 10.1 Å². The van der Waals surface area contributed by atoms with Gasteiger partial charge in [0.15, 0.2) is 6.10 Å². The maximum absolute atomic E-state index is 13.0. The molecule has 0 saturated carbocycles. The fraction of sp³-hybridized carbons (Fsp3) is 0.286. The highest BCUT2D eigenvalue weighted by molar-refractivity contribution is 6.37. The first-order valence-corrected chi connectivity index (χ1v) is 7.07. The summed E-state index contributed by atoms with van der Waals surface area (Å²) in [5.74, 6) is -2.30. The van der Waals surface area contributed by atoms with E-state index in [1.54, 1.807) is 0 Å². The third-order valence-electron chi connectivity index (χ3n) is 2.98. The van der Waals surface area contributed by atoms with E-state index in [1.165, 1.54) is 19.1 Å². The highest BCUT2D eigenvalue weighted by Crippen LogP contribution is 2.19. The van der Waals surface area contributed by atoms with Gasteiger partial charge in [-0.2, -0.15) is 5.10 Å². The summed E-state index contributed by atoms with van der Waals surface area (Å²) in [5.41, 5.74) is 2.47. The number of anilines is 1. The molecule has 1 aliphatic heterocycles. The summed E-state index contributed by atoms with van der Waals surface area (Å²) >= 11 is 5.61. The van der Waals surface area contributed by atoms with Gasteiger partial charge in [-0.1, -0.05) is 11.6 Å². The Bertz CT molecular complexity index is 693. The van der Waals surface area contributed by atoms with Crippen LogP contribution < -0.4 is 10.7 Å². The molecule has 0 bridgehead atoms. The zero-order valence-corrected chi connectivity index (χ0v) is 12.8. The SMILES string of the molecule is C[C@H](OC(=O)C1=NNC(=O)CC1)C(=O)Nc1ccc(F)c(Cl)c1. The first-order valence-electron chi connectivity index (χ1n) is 6.69. The second kappa shape index (κ2) is 7.19. The molecule has 1 atom stereocenters. The number of benzene rings is 1. The van der Waals surface area contributed by atoms with Crippen molar-refractivity contribution in [3.8, 4) is 0 Å². The first kappa shape index (κ1) is 16.9. The van der Waals surface area contributed by atoms with Crippen molar-refractivity contribution in [2.45, 2.75) is 25.9 Å². The van der Waals surface area contributed by atoms with Gasteiger partial charge in [-0.25, -0.2) is 14.6 Å². The van der Waals surface area contributed by atoms with Gasteiger partial charge in [0.25, 0.3) is 5.91 Å². The summed E-state index contributed by atoms with van der Waals surface area (Å²) in [5, 5.41) is 5.89. The van der Waals surface area contributed by atoms with Crippen molar-refractivity contribution < 1.29 is 23.5 Å². The average Bonchev–Trinajstić information content (AvgIpc) is 2.51. The summed E-state index contributed by atoms with van der Waals surface area (Å²) in [4.78, 5) is 34.7. The van der Waals surface area contributed by atoms with E-state index >= 15 is 0 Å². The summed E-state index contributed by atoms with van der Waals surface area (Å²) in [6, 6.07) is 3.67. The summed E-state index contributed by atoms with van der Waals surface area (Å²) in [6.07, 6.45) is -0.832. The zero-order valence-electron chi connectivity index (χ0n) is 12.1. The molecular weight excluding hydrogens is 329 g/mol. The van der Waals surface area contributed by atoms with Crippen LogP contribution in [0.25, 0.3) is 0 Å². The molecule has 0 aliphatic carbocycles. The summed E-state index contributed by atoms with van der Waals surface area (Å²) in [6.45, 7) is 1.38. The van der Waals surface area contributed by atoms with E-state index in [-0.39, 0.29) is 35.2 Å². The average molecular weight is 342 g/mol. The second-order valence-electron chi connectivity index (χ2n) is 4.76. The number of hydrazone groups is 1. The van der Waals surface area contributed by atoms with Gasteiger partial charge >= 0.3 is 5.97 Å². The molecule has 9 heteroatoms. The number of amides is 2. The molecule has 0 spiro atoms. The minimum absolute atomic E-state index is 0.0362. The van der Waals surface area contributed by atoms with Gasteiger partial charge in [-0.05, 0) is 25.1 Å². The monoisotopic (exact) mass is 341 g/mol. The van der Waals surface area contributed by atoms with Gasteiger partial charge in [0, 0.05) is 18.5 Å². The molecule has 23 heavy (non-hydrogen) atoms. The molecule has 122 valence electrons. The number of halogens is 2. The normalized spacial score (nSPS) is 15.3. The van der Waals surface area contributed by atoms with Crippen LogP contribution in [0.3, 0.4) is 0 Å². The minimum Gasteiger partial charge on any atom is -0.448 e. The van der Waals surface area contributed by atoms with E-state index in [0.29, 0.717) is 0 Å². The van der Waals surface area contributed by atoms with Gasteiger partial charge in [0.1, 0.15) is 11.5 Å². The number of carbonyl (C=O) groups is 3. The first-order chi connectivity index (χ1) is 10.9. The van der Waals surface area contributed by atoms with Crippen LogP contribution in [0.2, 0.25) is 5.02 Å². The molecular formula is C14H13ClFN3O4. The van der Waals surface area contributed by atoms with Crippen molar-refractivity contribution >= 4 is 40.8 Å². The van der Waals surface area contributed by atoms with Crippen LogP contribution in [0.4, 0.5) is 10.1 Å². The van der Waals surface area contributed by atoms with Crippen LogP contribution in [0.15, 0.2) is 23.3 Å². The molecule has 1 aliphatic rings. The minimum atomic E-state index is -1.10. The Kier molecular flexibility index (Phi) is 5.28. The number of nitrogens with zero attached hydrogens (tertiary/aromatic N) is 1. The number of esters is 1. The van der Waals surface area contributed by atoms with Gasteiger partial charge in [-0.15, -0.1) is 0 Å². The molecule has 0 aromatic heterocycles. The Balaban J connectivity index is 1.93. The van der Waals surface area contributed by atoms with Gasteiger partial charge in [0.2, 0.25) is 5.91 Å². The number of nitrogens with one attached hydrogen (secondary N) is 2. The maximum atomic E-state index is 13.0. The number of rotatable bonds is 4. The molecule has 0 unspecified atom stereocenters. The quantitative estimate of drug-likeness (QED) is 0.813. The molecule has 2 amide bonds. The summed E-state index contributed by atoms with van der Waals surface area (Å²) < 4.78 is 18.0. The lowest BCUT2D eigenvalue weighted by Gasteiger charge is -2.16. The highest BCUT2D eigenvalue weighted by atomic mass is 35.5. The largest absolute Gasteiger partial charge is 0.448 e. The van der Waals surface area contributed by atoms with E-state index < -0.39 is 23.8 Å². The second-order valence-corrected chi connectivity index (χ2v) is 5.17. The fourth-order valence-electron chi connectivity index (χ4n) is 1.72. The maximum Gasteiger partial charge on any atom is 0.355 e. The molecule has 1 aromatic rings. The Morgan fingerprint density at radius 1 is 1.43 bits per heavy atom. The fourth-order valence-corrected chi connectivity index (χ4v) is 1.90. The zero-order chi connectivity index (χ0) is 17.0. The van der Waals surface area contributed by atoms with E-state index in [9.17, 15) is 18.8 Å². The molecule has 1 aromatic carbocycles. The van der Waals surface area contributed by atoms with Crippen LogP contribution in [0.5, 0.6) is 0 Å². The van der Waals surface area contributed by atoms with Crippen molar-refractivity contribution in [2.24, 2.45) is 5.10 Å². The van der Waals surface area contributed by atoms with Crippen LogP contribution in [-0.2, 0) is 19.1 Å². The molecule has 0 saturated heterocycles.